The van der Waals surface area contributed by atoms with E-state index < -0.39 is 5.91 Å². The van der Waals surface area contributed by atoms with Crippen molar-refractivity contribution in [1.29, 1.82) is 0 Å². The number of likely N-dealkylation sites (N-methyl/N-ethyl adjacent to an activating group) is 1. The largest absolute Gasteiger partial charge is 0.356 e. The van der Waals surface area contributed by atoms with E-state index in [2.05, 4.69) is 15.6 Å². The molecule has 0 spiro atoms. The van der Waals surface area contributed by atoms with Gasteiger partial charge in [0, 0.05) is 25.4 Å². The van der Waals surface area contributed by atoms with Crippen LogP contribution >= 0.6 is 0 Å². The minimum Gasteiger partial charge on any atom is -0.356 e. The first-order valence-electron chi connectivity index (χ1n) is 6.53. The average molecular weight is 275 g/mol. The second-order valence-electron chi connectivity index (χ2n) is 4.60. The number of nitrogens with one attached hydrogen (secondary N) is 3. The molecule has 0 fully saturated rings. The molecule has 0 saturated heterocycles. The summed E-state index contributed by atoms with van der Waals surface area (Å²) in [6, 6.07) is 1.67. The van der Waals surface area contributed by atoms with Crippen LogP contribution in [0.4, 0.5) is 0 Å². The van der Waals surface area contributed by atoms with E-state index in [-0.39, 0.29) is 23.6 Å². The van der Waals surface area contributed by atoms with Gasteiger partial charge in [-0.3, -0.25) is 14.4 Å². The maximum Gasteiger partial charge on any atom is 0.261 e. The Morgan fingerprint density at radius 3 is 2.95 bits per heavy atom. The van der Waals surface area contributed by atoms with Crippen molar-refractivity contribution in [2.45, 2.75) is 19.3 Å². The third-order valence-electron chi connectivity index (χ3n) is 3.23. The zero-order valence-corrected chi connectivity index (χ0v) is 11.3. The minimum atomic E-state index is -0.428. The molecule has 6 nitrogen and oxygen atoms in total. The highest BCUT2D eigenvalue weighted by molar-refractivity contribution is 5.94. The molecule has 2 rings (SSSR count). The first-order valence-corrected chi connectivity index (χ1v) is 6.53. The summed E-state index contributed by atoms with van der Waals surface area (Å²) in [6.45, 7) is 0.197. The number of aryl methyl sites for hydroxylation is 2. The summed E-state index contributed by atoms with van der Waals surface area (Å²) in [5.41, 5.74) is 1.74. The average Bonchev–Trinajstić information content (AvgIpc) is 2.89. The molecule has 0 unspecified atom stereocenters. The molecule has 3 N–H and O–H groups in total. The van der Waals surface area contributed by atoms with E-state index in [0.29, 0.717) is 0 Å². The first kappa shape index (κ1) is 14.0. The van der Waals surface area contributed by atoms with Gasteiger partial charge in [-0.15, -0.1) is 0 Å². The second kappa shape index (κ2) is 6.18. The van der Waals surface area contributed by atoms with E-state index in [1.807, 2.05) is 0 Å². The van der Waals surface area contributed by atoms with Crippen LogP contribution in [0.1, 0.15) is 28.0 Å². The molecule has 0 saturated carbocycles. The van der Waals surface area contributed by atoms with Crippen LogP contribution in [0, 0.1) is 0 Å². The Labute approximate surface area is 116 Å². The minimum absolute atomic E-state index is 0.124. The van der Waals surface area contributed by atoms with Crippen molar-refractivity contribution in [3.8, 4) is 0 Å². The van der Waals surface area contributed by atoms with E-state index in [4.69, 9.17) is 0 Å². The third kappa shape index (κ3) is 3.14. The summed E-state index contributed by atoms with van der Waals surface area (Å²) in [6.07, 6.45) is 5.61. The first-order chi connectivity index (χ1) is 9.61. The molecule has 0 aliphatic heterocycles. The number of rotatable bonds is 4. The molecular weight excluding hydrogens is 258 g/mol. The van der Waals surface area contributed by atoms with E-state index >= 15 is 0 Å². The summed E-state index contributed by atoms with van der Waals surface area (Å²) >= 11 is 0. The summed E-state index contributed by atoms with van der Waals surface area (Å²) < 4.78 is 0. The van der Waals surface area contributed by atoms with Crippen LogP contribution in [0.2, 0.25) is 0 Å². The molecule has 1 aliphatic carbocycles. The predicted molar refractivity (Wildman–Crippen MR) is 74.6 cm³/mol. The van der Waals surface area contributed by atoms with Gasteiger partial charge in [-0.1, -0.05) is 6.08 Å². The van der Waals surface area contributed by atoms with Crippen molar-refractivity contribution in [2.75, 3.05) is 13.6 Å². The number of hydrogen-bond donors (Lipinski definition) is 3. The monoisotopic (exact) mass is 275 g/mol. The Morgan fingerprint density at radius 1 is 1.40 bits per heavy atom. The molecule has 0 atom stereocenters. The number of aromatic nitrogens is 1. The molecule has 1 aromatic rings. The normalized spacial score (nSPS) is 13.2. The van der Waals surface area contributed by atoms with Crippen molar-refractivity contribution in [3.05, 3.63) is 45.4 Å². The highest BCUT2D eigenvalue weighted by Crippen LogP contribution is 2.18. The maximum absolute atomic E-state index is 11.9. The number of H-pyrrole nitrogens is 1. The lowest BCUT2D eigenvalue weighted by Gasteiger charge is -2.04. The topological polar surface area (TPSA) is 91.1 Å². The maximum atomic E-state index is 11.9. The van der Waals surface area contributed by atoms with Crippen LogP contribution in [0.25, 0.3) is 0 Å². The highest BCUT2D eigenvalue weighted by Gasteiger charge is 2.17. The van der Waals surface area contributed by atoms with E-state index in [1.54, 1.807) is 6.07 Å². The van der Waals surface area contributed by atoms with Gasteiger partial charge in [-0.2, -0.15) is 0 Å². The van der Waals surface area contributed by atoms with Gasteiger partial charge in [0.05, 0.1) is 0 Å². The number of carbonyl (C=O) groups excluding carboxylic acids is 2. The van der Waals surface area contributed by atoms with Gasteiger partial charge in [0.1, 0.15) is 5.56 Å². The Balaban J connectivity index is 2.01. The molecule has 1 heterocycles. The number of aromatic amines is 1. The molecule has 2 amide bonds. The Bertz CT molecular complexity index is 617. The molecule has 106 valence electrons. The smallest absolute Gasteiger partial charge is 0.261 e. The van der Waals surface area contributed by atoms with Crippen LogP contribution in [-0.2, 0) is 17.6 Å². The van der Waals surface area contributed by atoms with E-state index in [0.717, 1.165) is 30.5 Å². The van der Waals surface area contributed by atoms with Gasteiger partial charge in [0.25, 0.3) is 11.5 Å². The second-order valence-corrected chi connectivity index (χ2v) is 4.60. The summed E-state index contributed by atoms with van der Waals surface area (Å²) in [5, 5.41) is 5.01. The Kier molecular flexibility index (Phi) is 4.34. The van der Waals surface area contributed by atoms with E-state index in [1.165, 1.54) is 19.2 Å². The quantitative estimate of drug-likeness (QED) is 0.670. The molecular formula is C14H17N3O3. The summed E-state index contributed by atoms with van der Waals surface area (Å²) in [4.78, 5) is 37.4. The van der Waals surface area contributed by atoms with Gasteiger partial charge < -0.3 is 15.6 Å². The van der Waals surface area contributed by atoms with Crippen molar-refractivity contribution in [1.82, 2.24) is 15.6 Å². The molecule has 0 bridgehead atoms. The Hall–Kier alpha value is -2.37. The number of pyridine rings is 1. The van der Waals surface area contributed by atoms with Crippen molar-refractivity contribution < 1.29 is 9.59 Å². The van der Waals surface area contributed by atoms with Crippen LogP contribution in [-0.4, -0.2) is 30.4 Å². The number of carbonyl (C=O) groups is 2. The summed E-state index contributed by atoms with van der Waals surface area (Å²) in [7, 11) is 1.52. The zero-order chi connectivity index (χ0) is 14.5. The van der Waals surface area contributed by atoms with Gasteiger partial charge >= 0.3 is 0 Å². The number of fused-ring (bicyclic) bond motifs is 1. The number of hydrogen-bond acceptors (Lipinski definition) is 3. The van der Waals surface area contributed by atoms with Gasteiger partial charge in [0.15, 0.2) is 0 Å². The fourth-order valence-corrected chi connectivity index (χ4v) is 2.18. The fourth-order valence-electron chi connectivity index (χ4n) is 2.18. The lowest BCUT2D eigenvalue weighted by molar-refractivity contribution is -0.116. The lowest BCUT2D eigenvalue weighted by Crippen LogP contribution is -2.30. The van der Waals surface area contributed by atoms with Gasteiger partial charge in [0.2, 0.25) is 5.91 Å². The van der Waals surface area contributed by atoms with Crippen molar-refractivity contribution >= 4 is 11.8 Å². The molecule has 0 aromatic carbocycles. The Morgan fingerprint density at radius 2 is 2.20 bits per heavy atom. The molecule has 20 heavy (non-hydrogen) atoms. The van der Waals surface area contributed by atoms with Crippen LogP contribution in [0.5, 0.6) is 0 Å². The highest BCUT2D eigenvalue weighted by atomic mass is 16.2. The van der Waals surface area contributed by atoms with E-state index in [9.17, 15) is 14.4 Å². The van der Waals surface area contributed by atoms with Crippen molar-refractivity contribution in [3.63, 3.8) is 0 Å². The third-order valence-corrected chi connectivity index (χ3v) is 3.23. The SMILES string of the molecule is CNC(=O)/C=C/CNC(=O)c1cc2c([nH]c1=O)CCC2. The van der Waals surface area contributed by atoms with Gasteiger partial charge in [-0.05, 0) is 30.9 Å². The predicted octanol–water partition coefficient (Wildman–Crippen LogP) is -0.104. The molecule has 1 aliphatic rings. The summed E-state index contributed by atoms with van der Waals surface area (Å²) in [5.74, 6) is -0.669. The zero-order valence-electron chi connectivity index (χ0n) is 11.3. The fraction of sp³-hybridized carbons (Fsp3) is 0.357. The van der Waals surface area contributed by atoms with Gasteiger partial charge in [-0.25, -0.2) is 0 Å². The molecule has 1 aromatic heterocycles. The standard InChI is InChI=1S/C14H17N3O3/c1-15-12(18)6-3-7-16-13(19)10-8-9-4-2-5-11(9)17-14(10)20/h3,6,8H,2,4-5,7H2,1H3,(H,15,18)(H,16,19)(H,17,20)/b6-3+. The molecule has 6 heteroatoms. The lowest BCUT2D eigenvalue weighted by atomic mass is 10.1. The van der Waals surface area contributed by atoms with Crippen molar-refractivity contribution in [2.24, 2.45) is 0 Å². The number of amides is 2. The van der Waals surface area contributed by atoms with Crippen LogP contribution in [0.3, 0.4) is 0 Å². The van der Waals surface area contributed by atoms with Crippen LogP contribution < -0.4 is 16.2 Å². The van der Waals surface area contributed by atoms with Crippen LogP contribution in [0.15, 0.2) is 23.0 Å². The molecule has 0 radical (unpaired) electrons.